The van der Waals surface area contributed by atoms with Gasteiger partial charge in [0.1, 0.15) is 0 Å². The van der Waals surface area contributed by atoms with E-state index in [1.165, 1.54) is 6.07 Å². The molecular formula is C14H17NO5. The number of ether oxygens (including phenoxy) is 1. The maximum Gasteiger partial charge on any atom is 0.348 e. The Hall–Kier alpha value is -2.11. The smallest absolute Gasteiger partial charge is 0.348 e. The number of nitrogens with zero attached hydrogens (tertiary/aromatic N) is 1. The van der Waals surface area contributed by atoms with Crippen molar-refractivity contribution in [1.29, 1.82) is 0 Å². The lowest BCUT2D eigenvalue weighted by Crippen LogP contribution is -2.50. The molecule has 1 aliphatic carbocycles. The van der Waals surface area contributed by atoms with E-state index in [1.807, 2.05) is 13.8 Å². The average molecular weight is 279 g/mol. The highest BCUT2D eigenvalue weighted by Gasteiger charge is 2.48. The summed E-state index contributed by atoms with van der Waals surface area (Å²) in [5.74, 6) is -0.836. The number of rotatable bonds is 5. The van der Waals surface area contributed by atoms with Gasteiger partial charge in [-0.3, -0.25) is 10.1 Å². The van der Waals surface area contributed by atoms with Crippen molar-refractivity contribution in [2.24, 2.45) is 0 Å². The lowest BCUT2D eigenvalue weighted by atomic mass is 9.80. The number of aliphatic carboxylic acids is 1. The van der Waals surface area contributed by atoms with E-state index in [0.717, 1.165) is 12.0 Å². The van der Waals surface area contributed by atoms with Crippen LogP contribution in [0.3, 0.4) is 0 Å². The number of nitro groups is 1. The molecule has 0 atom stereocenters. The molecule has 20 heavy (non-hydrogen) atoms. The molecule has 0 unspecified atom stereocenters. The van der Waals surface area contributed by atoms with Crippen LogP contribution in [0.2, 0.25) is 0 Å². The first-order chi connectivity index (χ1) is 9.35. The van der Waals surface area contributed by atoms with Crippen LogP contribution in [-0.4, -0.2) is 21.6 Å². The zero-order chi connectivity index (χ0) is 14.9. The summed E-state index contributed by atoms with van der Waals surface area (Å²) in [6, 6.07) is 4.62. The number of carboxylic acids is 1. The minimum atomic E-state index is -1.31. The van der Waals surface area contributed by atoms with Crippen molar-refractivity contribution in [2.75, 3.05) is 0 Å². The van der Waals surface area contributed by atoms with Gasteiger partial charge < -0.3 is 9.84 Å². The largest absolute Gasteiger partial charge is 0.478 e. The maximum absolute atomic E-state index is 11.3. The van der Waals surface area contributed by atoms with Crippen molar-refractivity contribution < 1.29 is 19.6 Å². The Morgan fingerprint density at radius 3 is 2.50 bits per heavy atom. The molecule has 0 aliphatic heterocycles. The van der Waals surface area contributed by atoms with Crippen LogP contribution in [0, 0.1) is 10.1 Å². The number of carbonyl (C=O) groups is 1. The fourth-order valence-corrected chi connectivity index (χ4v) is 2.19. The first kappa shape index (κ1) is 14.3. The molecule has 0 bridgehead atoms. The summed E-state index contributed by atoms with van der Waals surface area (Å²) in [5.41, 5.74) is -0.618. The molecule has 108 valence electrons. The van der Waals surface area contributed by atoms with Crippen molar-refractivity contribution in [3.63, 3.8) is 0 Å². The van der Waals surface area contributed by atoms with Crippen LogP contribution in [0.4, 0.5) is 5.69 Å². The summed E-state index contributed by atoms with van der Waals surface area (Å²) in [4.78, 5) is 21.8. The predicted molar refractivity (Wildman–Crippen MR) is 72.0 cm³/mol. The van der Waals surface area contributed by atoms with E-state index < -0.39 is 16.5 Å². The highest BCUT2D eigenvalue weighted by molar-refractivity contribution is 5.79. The summed E-state index contributed by atoms with van der Waals surface area (Å²) in [7, 11) is 0. The Labute approximate surface area is 116 Å². The monoisotopic (exact) mass is 279 g/mol. The third-order valence-corrected chi connectivity index (χ3v) is 3.70. The SMILES string of the molecule is CC(C)c1ccc([N+](=O)[O-])c(OC2(C(=O)O)CCC2)c1. The average Bonchev–Trinajstić information content (AvgIpc) is 2.32. The van der Waals surface area contributed by atoms with E-state index in [9.17, 15) is 20.0 Å². The number of nitro benzene ring substituents is 1. The highest BCUT2D eigenvalue weighted by atomic mass is 16.6. The molecule has 2 rings (SSSR count). The Kier molecular flexibility index (Phi) is 3.65. The van der Waals surface area contributed by atoms with E-state index >= 15 is 0 Å². The van der Waals surface area contributed by atoms with E-state index in [0.29, 0.717) is 12.8 Å². The molecule has 1 aliphatic rings. The van der Waals surface area contributed by atoms with Gasteiger partial charge in [-0.25, -0.2) is 4.79 Å². The van der Waals surface area contributed by atoms with Gasteiger partial charge in [-0.05, 0) is 36.8 Å². The van der Waals surface area contributed by atoms with Crippen LogP contribution in [0.15, 0.2) is 18.2 Å². The highest BCUT2D eigenvalue weighted by Crippen LogP contribution is 2.40. The summed E-state index contributed by atoms with van der Waals surface area (Å²) in [6.45, 7) is 3.92. The normalized spacial score (nSPS) is 16.6. The van der Waals surface area contributed by atoms with Gasteiger partial charge in [-0.15, -0.1) is 0 Å². The Morgan fingerprint density at radius 2 is 2.10 bits per heavy atom. The van der Waals surface area contributed by atoms with Gasteiger partial charge >= 0.3 is 11.7 Å². The van der Waals surface area contributed by atoms with Crippen molar-refractivity contribution >= 4 is 11.7 Å². The molecular weight excluding hydrogens is 262 g/mol. The minimum absolute atomic E-state index is 0.0447. The van der Waals surface area contributed by atoms with Crippen LogP contribution in [0.5, 0.6) is 5.75 Å². The Bertz CT molecular complexity index is 548. The minimum Gasteiger partial charge on any atom is -0.478 e. The fraction of sp³-hybridized carbons (Fsp3) is 0.500. The molecule has 0 spiro atoms. The van der Waals surface area contributed by atoms with Crippen molar-refractivity contribution in [2.45, 2.75) is 44.6 Å². The van der Waals surface area contributed by atoms with Gasteiger partial charge in [0.2, 0.25) is 5.60 Å². The molecule has 0 amide bonds. The molecule has 0 aromatic heterocycles. The van der Waals surface area contributed by atoms with Gasteiger partial charge in [0.05, 0.1) is 4.92 Å². The standard InChI is InChI=1S/C14H17NO5/c1-9(2)10-4-5-11(15(18)19)12(8-10)20-14(13(16)17)6-3-7-14/h4-5,8-9H,3,6-7H2,1-2H3,(H,16,17). The maximum atomic E-state index is 11.3. The van der Waals surface area contributed by atoms with Crippen LogP contribution < -0.4 is 4.74 Å². The molecule has 0 radical (unpaired) electrons. The summed E-state index contributed by atoms with van der Waals surface area (Å²) in [6.07, 6.45) is 1.51. The van der Waals surface area contributed by atoms with Gasteiger partial charge in [-0.2, -0.15) is 0 Å². The van der Waals surface area contributed by atoms with Gasteiger partial charge in [0.25, 0.3) is 0 Å². The second-order valence-electron chi connectivity index (χ2n) is 5.39. The summed E-state index contributed by atoms with van der Waals surface area (Å²) in [5, 5.41) is 20.3. The molecule has 6 heteroatoms. The molecule has 0 heterocycles. The second kappa shape index (κ2) is 5.11. The van der Waals surface area contributed by atoms with Crippen LogP contribution in [0.25, 0.3) is 0 Å². The van der Waals surface area contributed by atoms with E-state index in [2.05, 4.69) is 0 Å². The summed E-state index contributed by atoms with van der Waals surface area (Å²) < 4.78 is 5.54. The van der Waals surface area contributed by atoms with Crippen LogP contribution in [-0.2, 0) is 4.79 Å². The van der Waals surface area contributed by atoms with Gasteiger partial charge in [-0.1, -0.05) is 19.9 Å². The molecule has 1 fully saturated rings. The van der Waals surface area contributed by atoms with Crippen LogP contribution in [0.1, 0.15) is 44.6 Å². The molecule has 1 saturated carbocycles. The quantitative estimate of drug-likeness (QED) is 0.660. The molecule has 1 N–H and O–H groups in total. The number of hydrogen-bond donors (Lipinski definition) is 1. The number of benzene rings is 1. The fourth-order valence-electron chi connectivity index (χ4n) is 2.19. The van der Waals surface area contributed by atoms with E-state index in [4.69, 9.17) is 4.74 Å². The second-order valence-corrected chi connectivity index (χ2v) is 5.39. The lowest BCUT2D eigenvalue weighted by molar-refractivity contribution is -0.386. The predicted octanol–water partition coefficient (Wildman–Crippen LogP) is 3.10. The van der Waals surface area contributed by atoms with E-state index in [1.54, 1.807) is 12.1 Å². The lowest BCUT2D eigenvalue weighted by Gasteiger charge is -2.37. The summed E-state index contributed by atoms with van der Waals surface area (Å²) >= 11 is 0. The Balaban J connectivity index is 2.40. The van der Waals surface area contributed by atoms with E-state index in [-0.39, 0.29) is 17.4 Å². The molecule has 0 saturated heterocycles. The topological polar surface area (TPSA) is 89.7 Å². The third-order valence-electron chi connectivity index (χ3n) is 3.70. The first-order valence-corrected chi connectivity index (χ1v) is 6.56. The van der Waals surface area contributed by atoms with Gasteiger partial charge in [0, 0.05) is 6.07 Å². The first-order valence-electron chi connectivity index (χ1n) is 6.56. The van der Waals surface area contributed by atoms with Crippen LogP contribution >= 0.6 is 0 Å². The van der Waals surface area contributed by atoms with Crippen molar-refractivity contribution in [3.8, 4) is 5.75 Å². The third kappa shape index (κ3) is 2.45. The number of carboxylic acid groups (broad SMARTS) is 1. The van der Waals surface area contributed by atoms with Crippen molar-refractivity contribution in [1.82, 2.24) is 0 Å². The number of hydrogen-bond acceptors (Lipinski definition) is 4. The zero-order valence-corrected chi connectivity index (χ0v) is 11.5. The van der Waals surface area contributed by atoms with Crippen molar-refractivity contribution in [3.05, 3.63) is 33.9 Å². The van der Waals surface area contributed by atoms with Gasteiger partial charge in [0.15, 0.2) is 5.75 Å². The molecule has 6 nitrogen and oxygen atoms in total. The molecule has 1 aromatic rings. The Morgan fingerprint density at radius 1 is 1.45 bits per heavy atom. The zero-order valence-electron chi connectivity index (χ0n) is 11.5. The molecule has 1 aromatic carbocycles.